The predicted molar refractivity (Wildman–Crippen MR) is 109 cm³/mol. The van der Waals surface area contributed by atoms with Gasteiger partial charge in [-0.2, -0.15) is 0 Å². The number of benzene rings is 1. The van der Waals surface area contributed by atoms with Gasteiger partial charge in [0.05, 0.1) is 17.2 Å². The van der Waals surface area contributed by atoms with Crippen molar-refractivity contribution in [3.05, 3.63) is 71.2 Å². The molecule has 1 amide bonds. The van der Waals surface area contributed by atoms with Crippen LogP contribution in [-0.4, -0.2) is 39.0 Å². The molecule has 3 aromatic rings. The standard InChI is InChI=1S/C23H25N3O2/c1-15-5-6-19-20(13-16(2)25-21(19)12-15)23(28)26-10-7-17(8-11-26)22(27)18-4-3-9-24-14-18/h3-6,9,12-14,17,22,27H,7-8,10-11H2,1-2H3/t22-/m1/s1. The van der Waals surface area contributed by atoms with E-state index in [-0.39, 0.29) is 11.8 Å². The maximum Gasteiger partial charge on any atom is 0.254 e. The normalized spacial score (nSPS) is 16.3. The van der Waals surface area contributed by atoms with Crippen LogP contribution in [0.4, 0.5) is 0 Å². The first kappa shape index (κ1) is 18.6. The average Bonchev–Trinajstić information content (AvgIpc) is 2.72. The summed E-state index contributed by atoms with van der Waals surface area (Å²) in [5.74, 6) is 0.195. The van der Waals surface area contributed by atoms with Crippen molar-refractivity contribution >= 4 is 16.8 Å². The highest BCUT2D eigenvalue weighted by Crippen LogP contribution is 2.31. The first-order chi connectivity index (χ1) is 13.5. The minimum absolute atomic E-state index is 0.0497. The maximum absolute atomic E-state index is 13.2. The number of hydrogen-bond donors (Lipinski definition) is 1. The Morgan fingerprint density at radius 3 is 2.68 bits per heavy atom. The molecule has 1 aromatic carbocycles. The van der Waals surface area contributed by atoms with Crippen LogP contribution in [0.5, 0.6) is 0 Å². The first-order valence-corrected chi connectivity index (χ1v) is 9.78. The molecule has 1 atom stereocenters. The van der Waals surface area contributed by atoms with Crippen LogP contribution in [0.2, 0.25) is 0 Å². The number of pyridine rings is 2. The minimum atomic E-state index is -0.530. The number of rotatable bonds is 3. The van der Waals surface area contributed by atoms with Crippen LogP contribution in [0.3, 0.4) is 0 Å². The Hall–Kier alpha value is -2.79. The third kappa shape index (κ3) is 3.62. The van der Waals surface area contributed by atoms with Crippen molar-refractivity contribution in [3.63, 3.8) is 0 Å². The number of fused-ring (bicyclic) bond motifs is 1. The van der Waals surface area contributed by atoms with Crippen molar-refractivity contribution in [2.45, 2.75) is 32.8 Å². The van der Waals surface area contributed by atoms with E-state index in [1.54, 1.807) is 12.4 Å². The second-order valence-corrected chi connectivity index (χ2v) is 7.69. The number of aliphatic hydroxyl groups excluding tert-OH is 1. The van der Waals surface area contributed by atoms with E-state index in [4.69, 9.17) is 0 Å². The van der Waals surface area contributed by atoms with Gasteiger partial charge in [-0.25, -0.2) is 0 Å². The summed E-state index contributed by atoms with van der Waals surface area (Å²) < 4.78 is 0. The van der Waals surface area contributed by atoms with Gasteiger partial charge in [0.15, 0.2) is 0 Å². The number of hydrogen-bond acceptors (Lipinski definition) is 4. The summed E-state index contributed by atoms with van der Waals surface area (Å²) in [5.41, 5.74) is 4.41. The zero-order valence-corrected chi connectivity index (χ0v) is 16.3. The molecule has 0 unspecified atom stereocenters. The Morgan fingerprint density at radius 2 is 1.96 bits per heavy atom. The van der Waals surface area contributed by atoms with Crippen LogP contribution in [-0.2, 0) is 0 Å². The van der Waals surface area contributed by atoms with Gasteiger partial charge in [0.1, 0.15) is 0 Å². The molecule has 0 radical (unpaired) electrons. The summed E-state index contributed by atoms with van der Waals surface area (Å²) in [6.07, 6.45) is 4.46. The van der Waals surface area contributed by atoms with Crippen molar-refractivity contribution in [2.75, 3.05) is 13.1 Å². The van der Waals surface area contributed by atoms with Crippen LogP contribution in [0.15, 0.2) is 48.8 Å². The van der Waals surface area contributed by atoms with Gasteiger partial charge in [0.2, 0.25) is 0 Å². The molecule has 4 rings (SSSR count). The number of carbonyl (C=O) groups is 1. The SMILES string of the molecule is Cc1ccc2c(C(=O)N3CCC([C@@H](O)c4cccnc4)CC3)cc(C)nc2c1. The van der Waals surface area contributed by atoms with Crippen LogP contribution in [0.25, 0.3) is 10.9 Å². The Bertz CT molecular complexity index is 990. The summed E-state index contributed by atoms with van der Waals surface area (Å²) >= 11 is 0. The Labute approximate surface area is 165 Å². The monoisotopic (exact) mass is 375 g/mol. The van der Waals surface area contributed by atoms with Gasteiger partial charge in [-0.1, -0.05) is 18.2 Å². The van der Waals surface area contributed by atoms with Crippen molar-refractivity contribution in [3.8, 4) is 0 Å². The van der Waals surface area contributed by atoms with Gasteiger partial charge in [0.25, 0.3) is 5.91 Å². The largest absolute Gasteiger partial charge is 0.388 e. The summed E-state index contributed by atoms with van der Waals surface area (Å²) in [6.45, 7) is 5.25. The lowest BCUT2D eigenvalue weighted by atomic mass is 9.87. The van der Waals surface area contributed by atoms with Crippen LogP contribution >= 0.6 is 0 Å². The molecule has 2 aromatic heterocycles. The Morgan fingerprint density at radius 1 is 1.18 bits per heavy atom. The van der Waals surface area contributed by atoms with E-state index in [0.717, 1.165) is 40.6 Å². The summed E-state index contributed by atoms with van der Waals surface area (Å²) in [5, 5.41) is 11.5. The van der Waals surface area contributed by atoms with Crippen LogP contribution in [0, 0.1) is 19.8 Å². The number of carbonyl (C=O) groups excluding carboxylic acids is 1. The van der Waals surface area contributed by atoms with E-state index in [9.17, 15) is 9.90 Å². The molecule has 28 heavy (non-hydrogen) atoms. The van der Waals surface area contributed by atoms with E-state index in [1.807, 2.05) is 55.1 Å². The number of aliphatic hydroxyl groups is 1. The van der Waals surface area contributed by atoms with Crippen molar-refractivity contribution in [1.29, 1.82) is 0 Å². The number of aromatic nitrogens is 2. The zero-order valence-electron chi connectivity index (χ0n) is 16.3. The second kappa shape index (κ2) is 7.68. The highest BCUT2D eigenvalue weighted by molar-refractivity contribution is 6.06. The Kier molecular flexibility index (Phi) is 5.09. The summed E-state index contributed by atoms with van der Waals surface area (Å²) in [6, 6.07) is 11.7. The van der Waals surface area contributed by atoms with E-state index < -0.39 is 6.10 Å². The molecule has 0 bridgehead atoms. The number of aryl methyl sites for hydroxylation is 2. The number of piperidine rings is 1. The van der Waals surface area contributed by atoms with Gasteiger partial charge in [-0.3, -0.25) is 14.8 Å². The predicted octanol–water partition coefficient (Wildman–Crippen LogP) is 3.83. The fourth-order valence-corrected chi connectivity index (χ4v) is 4.06. The molecular formula is C23H25N3O2. The van der Waals surface area contributed by atoms with E-state index >= 15 is 0 Å². The molecule has 0 saturated carbocycles. The smallest absolute Gasteiger partial charge is 0.254 e. The molecule has 1 aliphatic rings. The highest BCUT2D eigenvalue weighted by atomic mass is 16.3. The van der Waals surface area contributed by atoms with E-state index in [1.165, 1.54) is 0 Å². The molecule has 3 heterocycles. The van der Waals surface area contributed by atoms with Gasteiger partial charge in [0, 0.05) is 36.6 Å². The minimum Gasteiger partial charge on any atom is -0.388 e. The van der Waals surface area contributed by atoms with Crippen molar-refractivity contribution in [1.82, 2.24) is 14.9 Å². The number of amides is 1. The number of nitrogens with zero attached hydrogens (tertiary/aromatic N) is 3. The third-order valence-electron chi connectivity index (χ3n) is 5.62. The van der Waals surface area contributed by atoms with Gasteiger partial charge in [-0.05, 0) is 61.9 Å². The summed E-state index contributed by atoms with van der Waals surface area (Å²) in [7, 11) is 0. The highest BCUT2D eigenvalue weighted by Gasteiger charge is 2.29. The van der Waals surface area contributed by atoms with Crippen LogP contribution in [0.1, 0.15) is 46.1 Å². The quantitative estimate of drug-likeness (QED) is 0.755. The Balaban J connectivity index is 1.51. The molecule has 1 fully saturated rings. The lowest BCUT2D eigenvalue weighted by molar-refractivity contribution is 0.0462. The fraction of sp³-hybridized carbons (Fsp3) is 0.348. The third-order valence-corrected chi connectivity index (χ3v) is 5.62. The fourth-order valence-electron chi connectivity index (χ4n) is 4.06. The number of likely N-dealkylation sites (tertiary alicyclic amines) is 1. The van der Waals surface area contributed by atoms with Crippen LogP contribution < -0.4 is 0 Å². The molecule has 1 aliphatic heterocycles. The first-order valence-electron chi connectivity index (χ1n) is 9.78. The lowest BCUT2D eigenvalue weighted by Gasteiger charge is -2.34. The van der Waals surface area contributed by atoms with Gasteiger partial charge in [-0.15, -0.1) is 0 Å². The topological polar surface area (TPSA) is 66.3 Å². The van der Waals surface area contributed by atoms with Gasteiger partial charge >= 0.3 is 0 Å². The maximum atomic E-state index is 13.2. The molecule has 1 saturated heterocycles. The molecular weight excluding hydrogens is 350 g/mol. The summed E-state index contributed by atoms with van der Waals surface area (Å²) in [4.78, 5) is 23.8. The molecule has 1 N–H and O–H groups in total. The van der Waals surface area contributed by atoms with Gasteiger partial charge < -0.3 is 10.0 Å². The zero-order chi connectivity index (χ0) is 19.7. The molecule has 5 heteroatoms. The molecule has 5 nitrogen and oxygen atoms in total. The van der Waals surface area contributed by atoms with E-state index in [0.29, 0.717) is 18.7 Å². The molecule has 0 spiro atoms. The molecule has 0 aliphatic carbocycles. The second-order valence-electron chi connectivity index (χ2n) is 7.69. The average molecular weight is 375 g/mol. The van der Waals surface area contributed by atoms with Crippen molar-refractivity contribution in [2.24, 2.45) is 5.92 Å². The lowest BCUT2D eigenvalue weighted by Crippen LogP contribution is -2.40. The van der Waals surface area contributed by atoms with Crippen molar-refractivity contribution < 1.29 is 9.90 Å². The molecule has 144 valence electrons. The van der Waals surface area contributed by atoms with E-state index in [2.05, 4.69) is 9.97 Å².